The first-order valence-electron chi connectivity index (χ1n) is 7.23. The van der Waals surface area contributed by atoms with Gasteiger partial charge < -0.3 is 10.1 Å². The van der Waals surface area contributed by atoms with Crippen molar-refractivity contribution in [3.63, 3.8) is 0 Å². The molecule has 0 atom stereocenters. The van der Waals surface area contributed by atoms with Crippen molar-refractivity contribution in [1.29, 1.82) is 0 Å². The number of benzene rings is 2. The third kappa shape index (κ3) is 4.86. The molecule has 4 nitrogen and oxygen atoms in total. The molecule has 0 saturated heterocycles. The Hall–Kier alpha value is -2.27. The maximum Gasteiger partial charge on any atom is 0.338 e. The Bertz CT molecular complexity index is 700. The number of hydrogen-bond acceptors (Lipinski definition) is 4. The number of carbonyl (C=O) groups excluding carboxylic acids is 2. The van der Waals surface area contributed by atoms with Gasteiger partial charge in [-0.3, -0.25) is 4.79 Å². The predicted octanol–water partition coefficient (Wildman–Crippen LogP) is 3.19. The second-order valence-corrected chi connectivity index (χ2v) is 6.00. The molecule has 0 bridgehead atoms. The minimum atomic E-state index is -0.395. The number of thioether (sulfide) groups is 1. The fourth-order valence-electron chi connectivity index (χ4n) is 2.07. The van der Waals surface area contributed by atoms with Crippen molar-refractivity contribution in [1.82, 2.24) is 5.32 Å². The summed E-state index contributed by atoms with van der Waals surface area (Å²) in [6, 6.07) is 15.0. The van der Waals surface area contributed by atoms with E-state index in [2.05, 4.69) is 5.32 Å². The Morgan fingerprint density at radius 2 is 1.78 bits per heavy atom. The van der Waals surface area contributed by atoms with Crippen LogP contribution in [0, 0.1) is 6.92 Å². The Kier molecular flexibility index (Phi) is 6.23. The van der Waals surface area contributed by atoms with Gasteiger partial charge in [-0.05, 0) is 30.2 Å². The van der Waals surface area contributed by atoms with E-state index < -0.39 is 5.97 Å². The van der Waals surface area contributed by atoms with E-state index in [1.807, 2.05) is 43.3 Å². The van der Waals surface area contributed by atoms with Crippen molar-refractivity contribution < 1.29 is 14.3 Å². The molecule has 2 aromatic rings. The zero-order valence-corrected chi connectivity index (χ0v) is 14.0. The quantitative estimate of drug-likeness (QED) is 0.653. The summed E-state index contributed by atoms with van der Waals surface area (Å²) in [7, 11) is 1.35. The molecule has 120 valence electrons. The highest BCUT2D eigenvalue weighted by Gasteiger charge is 2.12. The van der Waals surface area contributed by atoms with E-state index >= 15 is 0 Å². The van der Waals surface area contributed by atoms with Crippen LogP contribution in [0.4, 0.5) is 0 Å². The van der Waals surface area contributed by atoms with Crippen LogP contribution >= 0.6 is 11.8 Å². The third-order valence-electron chi connectivity index (χ3n) is 3.39. The highest BCUT2D eigenvalue weighted by molar-refractivity contribution is 8.00. The molecule has 0 saturated carbocycles. The predicted molar refractivity (Wildman–Crippen MR) is 91.5 cm³/mol. The molecule has 2 aromatic carbocycles. The molecule has 0 aliphatic heterocycles. The smallest absolute Gasteiger partial charge is 0.338 e. The van der Waals surface area contributed by atoms with Gasteiger partial charge in [-0.1, -0.05) is 36.4 Å². The average Bonchev–Trinajstić information content (AvgIpc) is 2.58. The summed E-state index contributed by atoms with van der Waals surface area (Å²) in [5.74, 6) is -0.216. The molecule has 1 amide bonds. The topological polar surface area (TPSA) is 55.4 Å². The monoisotopic (exact) mass is 329 g/mol. The minimum absolute atomic E-state index is 0.0714. The van der Waals surface area contributed by atoms with Gasteiger partial charge in [0.2, 0.25) is 5.91 Å². The van der Waals surface area contributed by atoms with Gasteiger partial charge in [-0.25, -0.2) is 4.79 Å². The van der Waals surface area contributed by atoms with E-state index in [4.69, 9.17) is 4.74 Å². The summed E-state index contributed by atoms with van der Waals surface area (Å²) in [5, 5.41) is 2.90. The first-order chi connectivity index (χ1) is 11.1. The third-order valence-corrected chi connectivity index (χ3v) is 4.46. The minimum Gasteiger partial charge on any atom is -0.465 e. The van der Waals surface area contributed by atoms with Crippen molar-refractivity contribution in [3.8, 4) is 0 Å². The van der Waals surface area contributed by atoms with Crippen LogP contribution in [0.25, 0.3) is 0 Å². The van der Waals surface area contributed by atoms with E-state index in [1.165, 1.54) is 18.9 Å². The average molecular weight is 329 g/mol. The van der Waals surface area contributed by atoms with Gasteiger partial charge in [0, 0.05) is 11.4 Å². The molecule has 0 aliphatic rings. The molecular formula is C18H19NO3S. The molecule has 0 spiro atoms. The number of rotatable bonds is 6. The second-order valence-electron chi connectivity index (χ2n) is 4.98. The van der Waals surface area contributed by atoms with Gasteiger partial charge in [0.1, 0.15) is 0 Å². The van der Waals surface area contributed by atoms with Gasteiger partial charge in [0.05, 0.1) is 18.4 Å². The lowest BCUT2D eigenvalue weighted by Gasteiger charge is -2.09. The van der Waals surface area contributed by atoms with Crippen LogP contribution in [0.15, 0.2) is 53.4 Å². The number of aryl methyl sites for hydroxylation is 1. The van der Waals surface area contributed by atoms with Crippen molar-refractivity contribution in [3.05, 3.63) is 65.2 Å². The SMILES string of the molecule is COC(=O)c1ccccc1SCC(=O)NCc1ccccc1C. The van der Waals surface area contributed by atoms with Crippen LogP contribution in [-0.4, -0.2) is 24.7 Å². The Morgan fingerprint density at radius 3 is 2.52 bits per heavy atom. The first-order valence-corrected chi connectivity index (χ1v) is 8.21. The van der Waals surface area contributed by atoms with Crippen LogP contribution < -0.4 is 5.32 Å². The van der Waals surface area contributed by atoms with Crippen molar-refractivity contribution in [2.24, 2.45) is 0 Å². The molecule has 1 N–H and O–H groups in total. The Labute approximate surface area is 140 Å². The normalized spacial score (nSPS) is 10.2. The highest BCUT2D eigenvalue weighted by Crippen LogP contribution is 2.23. The van der Waals surface area contributed by atoms with Gasteiger partial charge in [0.15, 0.2) is 0 Å². The number of amides is 1. The maximum atomic E-state index is 12.0. The van der Waals surface area contributed by atoms with E-state index in [0.717, 1.165) is 16.0 Å². The zero-order chi connectivity index (χ0) is 16.7. The molecular weight excluding hydrogens is 310 g/mol. The number of ether oxygens (including phenoxy) is 1. The van der Waals surface area contributed by atoms with Gasteiger partial charge in [0.25, 0.3) is 0 Å². The molecule has 0 aliphatic carbocycles. The Balaban J connectivity index is 1.90. The summed E-state index contributed by atoms with van der Waals surface area (Å²) in [5.41, 5.74) is 2.73. The van der Waals surface area contributed by atoms with Crippen molar-refractivity contribution >= 4 is 23.6 Å². The fourth-order valence-corrected chi connectivity index (χ4v) is 2.94. The molecule has 23 heavy (non-hydrogen) atoms. The molecule has 0 radical (unpaired) electrons. The summed E-state index contributed by atoms with van der Waals surface area (Å²) < 4.78 is 4.75. The lowest BCUT2D eigenvalue weighted by atomic mass is 10.1. The fraction of sp³-hybridized carbons (Fsp3) is 0.222. The van der Waals surface area contributed by atoms with Crippen LogP contribution in [0.5, 0.6) is 0 Å². The van der Waals surface area contributed by atoms with Gasteiger partial charge >= 0.3 is 5.97 Å². The maximum absolute atomic E-state index is 12.0. The van der Waals surface area contributed by atoms with Gasteiger partial charge in [-0.2, -0.15) is 0 Å². The summed E-state index contributed by atoms with van der Waals surface area (Å²) in [6.07, 6.45) is 0. The van der Waals surface area contributed by atoms with Crippen LogP contribution in [0.3, 0.4) is 0 Å². The first kappa shape index (κ1) is 17.1. The highest BCUT2D eigenvalue weighted by atomic mass is 32.2. The Morgan fingerprint density at radius 1 is 1.09 bits per heavy atom. The zero-order valence-electron chi connectivity index (χ0n) is 13.2. The van der Waals surface area contributed by atoms with Crippen LogP contribution in [0.2, 0.25) is 0 Å². The van der Waals surface area contributed by atoms with Gasteiger partial charge in [-0.15, -0.1) is 11.8 Å². The van der Waals surface area contributed by atoms with E-state index in [9.17, 15) is 9.59 Å². The van der Waals surface area contributed by atoms with E-state index in [1.54, 1.807) is 12.1 Å². The summed E-state index contributed by atoms with van der Waals surface area (Å²) in [4.78, 5) is 24.4. The standard InChI is InChI=1S/C18H19NO3S/c1-13-7-3-4-8-14(13)11-19-17(20)12-23-16-10-6-5-9-15(16)18(21)22-2/h3-10H,11-12H2,1-2H3,(H,19,20). The van der Waals surface area contributed by atoms with Crippen LogP contribution in [0.1, 0.15) is 21.5 Å². The largest absolute Gasteiger partial charge is 0.465 e. The number of methoxy groups -OCH3 is 1. The molecule has 2 rings (SSSR count). The molecule has 0 aromatic heterocycles. The van der Waals surface area contributed by atoms with Crippen LogP contribution in [-0.2, 0) is 16.1 Å². The molecule has 0 unspecified atom stereocenters. The number of esters is 1. The lowest BCUT2D eigenvalue weighted by Crippen LogP contribution is -2.25. The van der Waals surface area contributed by atoms with E-state index in [-0.39, 0.29) is 11.7 Å². The number of nitrogens with one attached hydrogen (secondary N) is 1. The molecule has 0 heterocycles. The van der Waals surface area contributed by atoms with Crippen molar-refractivity contribution in [2.45, 2.75) is 18.4 Å². The second kappa shape index (κ2) is 8.39. The van der Waals surface area contributed by atoms with Crippen molar-refractivity contribution in [2.75, 3.05) is 12.9 Å². The molecule has 5 heteroatoms. The summed E-state index contributed by atoms with van der Waals surface area (Å²) in [6.45, 7) is 2.52. The lowest BCUT2D eigenvalue weighted by molar-refractivity contribution is -0.118. The number of carbonyl (C=O) groups is 2. The summed E-state index contributed by atoms with van der Waals surface area (Å²) >= 11 is 1.33. The number of hydrogen-bond donors (Lipinski definition) is 1. The molecule has 0 fully saturated rings. The van der Waals surface area contributed by atoms with E-state index in [0.29, 0.717) is 12.1 Å².